The van der Waals surface area contributed by atoms with Crippen LogP contribution >= 0.6 is 0 Å². The molecule has 3 N–H and O–H groups in total. The van der Waals surface area contributed by atoms with Crippen LogP contribution in [0.2, 0.25) is 0 Å². The normalized spacial score (nSPS) is 38.5. The van der Waals surface area contributed by atoms with Gasteiger partial charge in [-0.3, -0.25) is 9.78 Å². The lowest BCUT2D eigenvalue weighted by molar-refractivity contribution is -0.191. The Hall–Kier alpha value is -2.78. The molecule has 0 spiro atoms. The number of amides is 2. The van der Waals surface area contributed by atoms with Gasteiger partial charge in [-0.25, -0.2) is 14.9 Å². The fourth-order valence-corrected chi connectivity index (χ4v) is 7.80. The van der Waals surface area contributed by atoms with E-state index in [-0.39, 0.29) is 48.6 Å². The first kappa shape index (κ1) is 29.2. The minimum atomic E-state index is -1.01. The smallest absolute Gasteiger partial charge is 0.416 e. The predicted molar refractivity (Wildman–Crippen MR) is 144 cm³/mol. The zero-order valence-electron chi connectivity index (χ0n) is 23.4. The molecule has 214 valence electrons. The lowest BCUT2D eigenvalue weighted by Crippen LogP contribution is -2.63. The van der Waals surface area contributed by atoms with Gasteiger partial charge in [0.05, 0.1) is 18.6 Å². The van der Waals surface area contributed by atoms with Crippen LogP contribution in [0.25, 0.3) is 0 Å². The van der Waals surface area contributed by atoms with Crippen molar-refractivity contribution in [3.63, 3.8) is 0 Å². The molecule has 2 unspecified atom stereocenters. The number of ketones is 1. The zero-order chi connectivity index (χ0) is 28.6. The number of hydrogen-bond donors (Lipinski definition) is 3. The van der Waals surface area contributed by atoms with Gasteiger partial charge in [-0.2, -0.15) is 0 Å². The maximum absolute atomic E-state index is 13.5. The number of pyridine rings is 1. The Morgan fingerprint density at radius 1 is 1.26 bits per heavy atom. The van der Waals surface area contributed by atoms with Crippen LogP contribution in [0, 0.1) is 34.0 Å². The van der Waals surface area contributed by atoms with Crippen LogP contribution in [0.3, 0.4) is 0 Å². The molecule has 0 aromatic carbocycles. The highest BCUT2D eigenvalue weighted by Crippen LogP contribution is 2.67. The predicted octanol–water partition coefficient (Wildman–Crippen LogP) is 4.38. The van der Waals surface area contributed by atoms with Gasteiger partial charge in [0, 0.05) is 35.1 Å². The number of Topliss-reactive ketones (excluding diaryl/α,β-unsaturated/α-hetero) is 1. The van der Waals surface area contributed by atoms with Gasteiger partial charge in [0.2, 0.25) is 0 Å². The van der Waals surface area contributed by atoms with E-state index in [0.29, 0.717) is 18.5 Å². The number of aliphatic hydroxyl groups excluding tert-OH is 2. The Morgan fingerprint density at radius 3 is 2.64 bits per heavy atom. The van der Waals surface area contributed by atoms with Crippen molar-refractivity contribution in [1.82, 2.24) is 10.3 Å². The number of nitrogens with zero attached hydrogens (tertiary/aromatic N) is 1. The molecule has 0 radical (unpaired) electrons. The van der Waals surface area contributed by atoms with E-state index in [1.165, 1.54) is 0 Å². The maximum Gasteiger partial charge on any atom is 0.416 e. The Kier molecular flexibility index (Phi) is 8.24. The third-order valence-corrected chi connectivity index (χ3v) is 10.5. The van der Waals surface area contributed by atoms with Crippen molar-refractivity contribution < 1.29 is 34.1 Å². The van der Waals surface area contributed by atoms with Crippen LogP contribution in [0.5, 0.6) is 0 Å². The van der Waals surface area contributed by atoms with E-state index in [1.54, 1.807) is 30.5 Å². The van der Waals surface area contributed by atoms with Crippen molar-refractivity contribution in [2.75, 3.05) is 13.2 Å². The first-order valence-electron chi connectivity index (χ1n) is 13.9. The highest BCUT2D eigenvalue weighted by molar-refractivity contribution is 5.88. The fraction of sp³-hybridized carbons (Fsp3) is 0.667. The van der Waals surface area contributed by atoms with Crippen LogP contribution in [-0.2, 0) is 14.3 Å². The molecule has 3 fully saturated rings. The van der Waals surface area contributed by atoms with Crippen LogP contribution < -0.4 is 5.32 Å². The van der Waals surface area contributed by atoms with E-state index >= 15 is 0 Å². The molecule has 1 aromatic rings. The third kappa shape index (κ3) is 4.99. The topological polar surface area (TPSA) is 135 Å². The first-order valence-corrected chi connectivity index (χ1v) is 13.9. The van der Waals surface area contributed by atoms with Gasteiger partial charge in [-0.05, 0) is 55.1 Å². The van der Waals surface area contributed by atoms with Crippen molar-refractivity contribution in [1.29, 1.82) is 0 Å². The molecule has 9 atom stereocenters. The lowest BCUT2D eigenvalue weighted by Gasteiger charge is -2.61. The Morgan fingerprint density at radius 2 is 2.00 bits per heavy atom. The second kappa shape index (κ2) is 11.0. The van der Waals surface area contributed by atoms with Crippen molar-refractivity contribution in [2.24, 2.45) is 34.0 Å². The second-order valence-corrected chi connectivity index (χ2v) is 12.3. The van der Waals surface area contributed by atoms with Crippen molar-refractivity contribution >= 4 is 18.0 Å². The molecule has 2 amide bonds. The van der Waals surface area contributed by atoms with Gasteiger partial charge < -0.3 is 19.7 Å². The molecule has 1 heterocycles. The number of rotatable bonds is 6. The highest BCUT2D eigenvalue weighted by atomic mass is 16.6. The average molecular weight is 543 g/mol. The number of aliphatic hydroxyl groups is 2. The zero-order valence-corrected chi connectivity index (χ0v) is 23.4. The van der Waals surface area contributed by atoms with Crippen LogP contribution in [0.15, 0.2) is 37.1 Å². The molecule has 39 heavy (non-hydrogen) atoms. The molecule has 3 aliphatic carbocycles. The molecule has 9 heteroatoms. The largest absolute Gasteiger partial charge is 0.448 e. The van der Waals surface area contributed by atoms with E-state index in [0.717, 1.165) is 12.8 Å². The van der Waals surface area contributed by atoms with Crippen LogP contribution in [0.1, 0.15) is 71.4 Å². The van der Waals surface area contributed by atoms with E-state index in [4.69, 9.17) is 9.47 Å². The summed E-state index contributed by atoms with van der Waals surface area (Å²) in [6, 6.07) is 5.22. The fourth-order valence-electron chi connectivity index (χ4n) is 7.80. The number of carbonyl (C=O) groups is 3. The molecule has 0 aliphatic heterocycles. The summed E-state index contributed by atoms with van der Waals surface area (Å²) >= 11 is 0. The van der Waals surface area contributed by atoms with Crippen molar-refractivity contribution in [2.45, 2.75) is 77.9 Å². The summed E-state index contributed by atoms with van der Waals surface area (Å²) in [5, 5.41) is 23.4. The number of carbonyl (C=O) groups excluding carboxylic acids is 3. The number of imide groups is 1. The van der Waals surface area contributed by atoms with Gasteiger partial charge in [0.15, 0.2) is 0 Å². The van der Waals surface area contributed by atoms with E-state index in [2.05, 4.69) is 23.8 Å². The minimum Gasteiger partial charge on any atom is -0.448 e. The molecular weight excluding hydrogens is 500 g/mol. The van der Waals surface area contributed by atoms with Crippen LogP contribution in [0.4, 0.5) is 9.59 Å². The van der Waals surface area contributed by atoms with E-state index < -0.39 is 41.1 Å². The first-order chi connectivity index (χ1) is 18.4. The molecule has 0 saturated heterocycles. The monoisotopic (exact) mass is 542 g/mol. The number of ether oxygens (including phenoxy) is 2. The second-order valence-electron chi connectivity index (χ2n) is 12.3. The molecule has 2 bridgehead atoms. The Labute approximate surface area is 230 Å². The number of alkyl carbamates (subject to hydrolysis) is 2. The Balaban J connectivity index is 1.55. The summed E-state index contributed by atoms with van der Waals surface area (Å²) < 4.78 is 11.2. The van der Waals surface area contributed by atoms with Crippen LogP contribution in [-0.4, -0.2) is 58.6 Å². The summed E-state index contributed by atoms with van der Waals surface area (Å²) in [5.41, 5.74) is -1.29. The molecule has 3 aliphatic rings. The van der Waals surface area contributed by atoms with Gasteiger partial charge in [0.25, 0.3) is 0 Å². The van der Waals surface area contributed by atoms with Gasteiger partial charge >= 0.3 is 12.2 Å². The molecule has 4 rings (SSSR count). The summed E-state index contributed by atoms with van der Waals surface area (Å²) in [4.78, 5) is 43.2. The van der Waals surface area contributed by atoms with Gasteiger partial charge in [-0.15, -0.1) is 6.58 Å². The average Bonchev–Trinajstić information content (AvgIpc) is 3.28. The van der Waals surface area contributed by atoms with E-state index in [9.17, 15) is 24.6 Å². The van der Waals surface area contributed by atoms with Gasteiger partial charge in [-0.1, -0.05) is 39.8 Å². The summed E-state index contributed by atoms with van der Waals surface area (Å²) in [6.45, 7) is 11.6. The minimum absolute atomic E-state index is 0.0719. The van der Waals surface area contributed by atoms with Crippen molar-refractivity contribution in [3.8, 4) is 0 Å². The molecule has 3 saturated carbocycles. The number of nitrogens with one attached hydrogen (secondary N) is 1. The quantitative estimate of drug-likeness (QED) is 0.451. The molecular formula is C30H42N2O7. The van der Waals surface area contributed by atoms with Crippen molar-refractivity contribution in [3.05, 3.63) is 42.7 Å². The molecule has 9 nitrogen and oxygen atoms in total. The highest BCUT2D eigenvalue weighted by Gasteiger charge is 2.68. The summed E-state index contributed by atoms with van der Waals surface area (Å²) in [5.74, 6) is -0.807. The number of hydrogen-bond acceptors (Lipinski definition) is 8. The maximum atomic E-state index is 13.5. The summed E-state index contributed by atoms with van der Waals surface area (Å²) in [6.07, 6.45) is 2.88. The molecule has 1 aromatic heterocycles. The van der Waals surface area contributed by atoms with Gasteiger partial charge in [0.1, 0.15) is 18.5 Å². The summed E-state index contributed by atoms with van der Waals surface area (Å²) in [7, 11) is 0. The lowest BCUT2D eigenvalue weighted by atomic mass is 9.44. The van der Waals surface area contributed by atoms with E-state index in [1.807, 2.05) is 20.8 Å². The number of aromatic nitrogens is 1. The third-order valence-electron chi connectivity index (χ3n) is 10.5. The standard InChI is InChI=1S/C30H42N2O7/c1-6-28(4)15-23(39-27(37)32-26(36)38-17-20(16-33)21-9-7-8-14-31-21)29(5)18(2)10-12-30(19(3)25(28)35)13-11-22(34)24(29)30/h6-9,14,18-20,23-25,33,35H,1,10-13,15-17H2,2-5H3,(H,32,36,37)/t18?,19-,20?,23+,24-,25-,28+,29+,30-/m0/s1. The Bertz CT molecular complexity index is 1100. The SMILES string of the molecule is C=C[C@]1(C)C[C@@H](OC(=O)NC(=O)OCC(CO)c2ccccn2)[C@@]2(C)C(C)CC[C@]3(CCC(=O)[C@H]32)[C@@H](C)[C@@H]1O.